The number of rotatable bonds is 7. The van der Waals surface area contributed by atoms with Gasteiger partial charge in [-0.3, -0.25) is 9.10 Å². The molecule has 8 nitrogen and oxygen atoms in total. The zero-order valence-corrected chi connectivity index (χ0v) is 20.1. The maximum absolute atomic E-state index is 12.6. The molecule has 174 valence electrons. The first-order valence-electron chi connectivity index (χ1n) is 10.3. The second kappa shape index (κ2) is 9.66. The van der Waals surface area contributed by atoms with Crippen LogP contribution in [-0.4, -0.2) is 43.1 Å². The van der Waals surface area contributed by atoms with Crippen molar-refractivity contribution in [3.8, 4) is 5.69 Å². The van der Waals surface area contributed by atoms with E-state index < -0.39 is 22.5 Å². The van der Waals surface area contributed by atoms with Gasteiger partial charge in [-0.25, -0.2) is 18.5 Å². The second-order valence-electron chi connectivity index (χ2n) is 7.60. The molecule has 34 heavy (non-hydrogen) atoms. The van der Waals surface area contributed by atoms with Crippen molar-refractivity contribution in [1.29, 1.82) is 0 Å². The molecule has 1 heterocycles. The molecule has 0 saturated heterocycles. The number of fused-ring (bicyclic) bond motifs is 1. The van der Waals surface area contributed by atoms with Gasteiger partial charge in [0.25, 0.3) is 5.91 Å². The molecular weight excluding hydrogens is 474 g/mol. The summed E-state index contributed by atoms with van der Waals surface area (Å²) in [6.07, 6.45) is 2.46. The van der Waals surface area contributed by atoms with E-state index in [0.29, 0.717) is 11.3 Å². The van der Waals surface area contributed by atoms with Gasteiger partial charge in [0.2, 0.25) is 10.0 Å². The fraction of sp³-hybridized carbons (Fsp3) is 0.125. The molecule has 0 bridgehead atoms. The lowest BCUT2D eigenvalue weighted by molar-refractivity contribution is -0.119. The Bertz CT molecular complexity index is 1480. The van der Waals surface area contributed by atoms with Crippen LogP contribution in [0.15, 0.2) is 77.9 Å². The maximum atomic E-state index is 12.6. The van der Waals surface area contributed by atoms with Gasteiger partial charge in [-0.2, -0.15) is 10.2 Å². The first-order chi connectivity index (χ1) is 16.3. The molecule has 0 saturated carbocycles. The Morgan fingerprint density at radius 1 is 1.09 bits per heavy atom. The summed E-state index contributed by atoms with van der Waals surface area (Å²) in [7, 11) is -3.74. The van der Waals surface area contributed by atoms with Crippen LogP contribution in [0.3, 0.4) is 0 Å². The van der Waals surface area contributed by atoms with E-state index in [9.17, 15) is 13.2 Å². The highest BCUT2D eigenvalue weighted by Crippen LogP contribution is 2.28. The predicted octanol–water partition coefficient (Wildman–Crippen LogP) is 3.90. The van der Waals surface area contributed by atoms with Crippen LogP contribution in [0.5, 0.6) is 0 Å². The highest BCUT2D eigenvalue weighted by atomic mass is 35.5. The van der Waals surface area contributed by atoms with Crippen molar-refractivity contribution in [3.05, 3.63) is 89.2 Å². The van der Waals surface area contributed by atoms with Crippen molar-refractivity contribution in [2.24, 2.45) is 5.10 Å². The van der Waals surface area contributed by atoms with Gasteiger partial charge in [-0.05, 0) is 30.5 Å². The summed E-state index contributed by atoms with van der Waals surface area (Å²) >= 11 is 6.27. The molecule has 0 unspecified atom stereocenters. The van der Waals surface area contributed by atoms with E-state index >= 15 is 0 Å². The number of anilines is 1. The summed E-state index contributed by atoms with van der Waals surface area (Å²) < 4.78 is 27.8. The van der Waals surface area contributed by atoms with E-state index in [2.05, 4.69) is 15.6 Å². The van der Waals surface area contributed by atoms with Crippen LogP contribution in [0, 0.1) is 6.92 Å². The standard InChI is InChI=1S/C24H22ClN5O3S/c1-17-21(24(25)28-30(17)19-11-4-3-5-12-19)15-26-27-23(31)16-29(34(2,32)33)22-14-8-10-18-9-6-7-13-20(18)22/h3-15H,16H2,1-2H3,(H,27,31)/b26-15-. The monoisotopic (exact) mass is 495 g/mol. The third-order valence-corrected chi connectivity index (χ3v) is 6.63. The summed E-state index contributed by atoms with van der Waals surface area (Å²) in [5.74, 6) is -0.598. The molecule has 4 aromatic rings. The molecule has 0 atom stereocenters. The van der Waals surface area contributed by atoms with Gasteiger partial charge < -0.3 is 0 Å². The van der Waals surface area contributed by atoms with Crippen LogP contribution in [0.4, 0.5) is 5.69 Å². The van der Waals surface area contributed by atoms with Gasteiger partial charge in [-0.15, -0.1) is 0 Å². The van der Waals surface area contributed by atoms with E-state index in [1.54, 1.807) is 16.8 Å². The molecule has 1 aromatic heterocycles. The number of amides is 1. The fourth-order valence-corrected chi connectivity index (χ4v) is 4.72. The molecule has 0 aliphatic carbocycles. The van der Waals surface area contributed by atoms with Crippen LogP contribution >= 0.6 is 11.6 Å². The molecule has 3 aromatic carbocycles. The van der Waals surface area contributed by atoms with Crippen molar-refractivity contribution in [1.82, 2.24) is 15.2 Å². The lowest BCUT2D eigenvalue weighted by Crippen LogP contribution is -2.39. The minimum absolute atomic E-state index is 0.230. The second-order valence-corrected chi connectivity index (χ2v) is 9.86. The zero-order chi connectivity index (χ0) is 24.3. The van der Waals surface area contributed by atoms with Crippen LogP contribution in [-0.2, 0) is 14.8 Å². The number of nitrogens with zero attached hydrogens (tertiary/aromatic N) is 4. The number of para-hydroxylation sites is 1. The Balaban J connectivity index is 1.53. The Hall–Kier alpha value is -3.69. The van der Waals surface area contributed by atoms with Crippen molar-refractivity contribution in [2.45, 2.75) is 6.92 Å². The number of nitrogens with one attached hydrogen (secondary N) is 1. The maximum Gasteiger partial charge on any atom is 0.260 e. The number of hydrogen-bond donors (Lipinski definition) is 1. The molecule has 1 amide bonds. The highest BCUT2D eigenvalue weighted by molar-refractivity contribution is 7.92. The smallest absolute Gasteiger partial charge is 0.260 e. The van der Waals surface area contributed by atoms with Gasteiger partial charge in [0, 0.05) is 5.39 Å². The van der Waals surface area contributed by atoms with Gasteiger partial charge in [0.1, 0.15) is 6.54 Å². The highest BCUT2D eigenvalue weighted by Gasteiger charge is 2.22. The van der Waals surface area contributed by atoms with Crippen molar-refractivity contribution in [3.63, 3.8) is 0 Å². The predicted molar refractivity (Wildman–Crippen MR) is 135 cm³/mol. The first kappa shape index (κ1) is 23.5. The van der Waals surface area contributed by atoms with E-state index in [1.165, 1.54) is 6.21 Å². The number of aromatic nitrogens is 2. The summed E-state index contributed by atoms with van der Waals surface area (Å²) in [6.45, 7) is 1.40. The average molecular weight is 496 g/mol. The molecular formula is C24H22ClN5O3S. The summed E-state index contributed by atoms with van der Waals surface area (Å²) in [5, 5.41) is 10.1. The molecule has 0 aliphatic heterocycles. The Labute approximate surface area is 202 Å². The molecule has 0 spiro atoms. The number of benzene rings is 3. The lowest BCUT2D eigenvalue weighted by atomic mass is 10.1. The minimum Gasteiger partial charge on any atom is -0.271 e. The normalized spacial score (nSPS) is 11.7. The van der Waals surface area contributed by atoms with Gasteiger partial charge in [-0.1, -0.05) is 66.2 Å². The molecule has 10 heteroatoms. The molecule has 4 rings (SSSR count). The van der Waals surface area contributed by atoms with Gasteiger partial charge in [0.05, 0.1) is 35.1 Å². The van der Waals surface area contributed by atoms with Crippen LogP contribution < -0.4 is 9.73 Å². The third kappa shape index (κ3) is 4.95. The van der Waals surface area contributed by atoms with Crippen molar-refractivity contribution in [2.75, 3.05) is 17.1 Å². The van der Waals surface area contributed by atoms with Gasteiger partial charge >= 0.3 is 0 Å². The number of halogens is 1. The summed E-state index contributed by atoms with van der Waals surface area (Å²) in [4.78, 5) is 12.6. The molecule has 0 fully saturated rings. The number of sulfonamides is 1. The van der Waals surface area contributed by atoms with E-state index in [-0.39, 0.29) is 5.15 Å². The quantitative estimate of drug-likeness (QED) is 0.310. The Kier molecular flexibility index (Phi) is 6.67. The van der Waals surface area contributed by atoms with Gasteiger partial charge in [0.15, 0.2) is 5.15 Å². The lowest BCUT2D eigenvalue weighted by Gasteiger charge is -2.23. The fourth-order valence-electron chi connectivity index (χ4n) is 3.59. The van der Waals surface area contributed by atoms with Crippen molar-refractivity contribution >= 4 is 50.2 Å². The number of hydrazone groups is 1. The summed E-state index contributed by atoms with van der Waals surface area (Å²) in [6, 6.07) is 22.2. The van der Waals surface area contributed by atoms with Crippen LogP contribution in [0.1, 0.15) is 11.3 Å². The largest absolute Gasteiger partial charge is 0.271 e. The number of hydrogen-bond acceptors (Lipinski definition) is 5. The zero-order valence-electron chi connectivity index (χ0n) is 18.5. The molecule has 1 N–H and O–H groups in total. The SMILES string of the molecule is Cc1c(/C=N\NC(=O)CN(c2cccc3ccccc23)S(C)(=O)=O)c(Cl)nn1-c1ccccc1. The number of carbonyl (C=O) groups is 1. The summed E-state index contributed by atoms with van der Waals surface area (Å²) in [5.41, 5.74) is 4.92. The third-order valence-electron chi connectivity index (χ3n) is 5.22. The van der Waals surface area contributed by atoms with E-state index in [1.807, 2.05) is 67.6 Å². The molecule has 0 radical (unpaired) electrons. The average Bonchev–Trinajstić information content (AvgIpc) is 3.10. The Morgan fingerprint density at radius 3 is 2.50 bits per heavy atom. The topological polar surface area (TPSA) is 96.7 Å². The van der Waals surface area contributed by atoms with Crippen LogP contribution in [0.25, 0.3) is 16.5 Å². The van der Waals surface area contributed by atoms with Crippen molar-refractivity contribution < 1.29 is 13.2 Å². The van der Waals surface area contributed by atoms with E-state index in [4.69, 9.17) is 11.6 Å². The van der Waals surface area contributed by atoms with E-state index in [0.717, 1.165) is 32.7 Å². The van der Waals surface area contributed by atoms with Crippen LogP contribution in [0.2, 0.25) is 5.15 Å². The Morgan fingerprint density at radius 2 is 1.76 bits per heavy atom. The first-order valence-corrected chi connectivity index (χ1v) is 12.6. The number of carbonyl (C=O) groups excluding carboxylic acids is 1. The molecule has 0 aliphatic rings. The minimum atomic E-state index is -3.74.